The van der Waals surface area contributed by atoms with E-state index in [0.717, 1.165) is 17.0 Å². The first-order valence-electron chi connectivity index (χ1n) is 9.77. The molecule has 0 spiro atoms. The minimum atomic E-state index is -0.964. The maximum atomic E-state index is 12.5. The molecule has 0 radical (unpaired) electrons. The molecule has 1 aromatic heterocycles. The summed E-state index contributed by atoms with van der Waals surface area (Å²) in [6.45, 7) is 5.52. The van der Waals surface area contributed by atoms with Crippen molar-refractivity contribution >= 4 is 22.9 Å². The van der Waals surface area contributed by atoms with Gasteiger partial charge in [0.2, 0.25) is 0 Å². The Morgan fingerprint density at radius 3 is 2.29 bits per heavy atom. The Hall–Kier alpha value is -3.68. The third kappa shape index (κ3) is 5.09. The number of aromatic nitrogens is 2. The average molecular weight is 423 g/mol. The van der Waals surface area contributed by atoms with E-state index in [0.29, 0.717) is 28.1 Å². The van der Waals surface area contributed by atoms with Gasteiger partial charge in [-0.15, -0.1) is 0 Å². The van der Waals surface area contributed by atoms with E-state index in [-0.39, 0.29) is 6.54 Å². The van der Waals surface area contributed by atoms with E-state index in [4.69, 9.17) is 14.2 Å². The van der Waals surface area contributed by atoms with Crippen LogP contribution in [0.2, 0.25) is 0 Å². The van der Waals surface area contributed by atoms with Gasteiger partial charge in [0.25, 0.3) is 5.91 Å². The van der Waals surface area contributed by atoms with Crippen molar-refractivity contribution in [1.82, 2.24) is 15.3 Å². The summed E-state index contributed by atoms with van der Waals surface area (Å²) in [6.07, 6.45) is -0.964. The van der Waals surface area contributed by atoms with Gasteiger partial charge in [0.15, 0.2) is 17.6 Å². The predicted molar refractivity (Wildman–Crippen MR) is 115 cm³/mol. The predicted octanol–water partition coefficient (Wildman–Crippen LogP) is 3.13. The number of nitrogens with zero attached hydrogens (tertiary/aromatic N) is 2. The van der Waals surface area contributed by atoms with E-state index in [2.05, 4.69) is 15.3 Å². The number of esters is 1. The van der Waals surface area contributed by atoms with E-state index in [9.17, 15) is 9.59 Å². The van der Waals surface area contributed by atoms with Gasteiger partial charge in [-0.1, -0.05) is 6.07 Å². The zero-order valence-electron chi connectivity index (χ0n) is 18.2. The second-order valence-corrected chi connectivity index (χ2v) is 7.05. The van der Waals surface area contributed by atoms with E-state index in [1.807, 2.05) is 19.9 Å². The lowest BCUT2D eigenvalue weighted by molar-refractivity contribution is -0.129. The summed E-state index contributed by atoms with van der Waals surface area (Å²) in [6, 6.07) is 10.3. The van der Waals surface area contributed by atoms with Crippen LogP contribution < -0.4 is 14.8 Å². The minimum absolute atomic E-state index is 0.255. The summed E-state index contributed by atoms with van der Waals surface area (Å²) in [5.41, 5.74) is 4.06. The molecular weight excluding hydrogens is 398 g/mol. The molecule has 1 atom stereocenters. The Morgan fingerprint density at radius 2 is 1.61 bits per heavy atom. The molecule has 1 N–H and O–H groups in total. The number of hydrogen-bond acceptors (Lipinski definition) is 7. The highest BCUT2D eigenvalue weighted by Gasteiger charge is 2.19. The van der Waals surface area contributed by atoms with E-state index >= 15 is 0 Å². The minimum Gasteiger partial charge on any atom is -0.493 e. The number of nitrogens with one attached hydrogen (secondary N) is 1. The lowest BCUT2D eigenvalue weighted by Gasteiger charge is -2.14. The van der Waals surface area contributed by atoms with E-state index < -0.39 is 18.0 Å². The highest BCUT2D eigenvalue weighted by Crippen LogP contribution is 2.27. The van der Waals surface area contributed by atoms with Crippen molar-refractivity contribution in [3.8, 4) is 11.5 Å². The Kier molecular flexibility index (Phi) is 6.69. The van der Waals surface area contributed by atoms with Gasteiger partial charge in [0.1, 0.15) is 0 Å². The first-order valence-corrected chi connectivity index (χ1v) is 9.77. The van der Waals surface area contributed by atoms with Crippen LogP contribution >= 0.6 is 0 Å². The third-order valence-corrected chi connectivity index (χ3v) is 4.88. The molecular formula is C23H25N3O5. The number of carbonyl (C=O) groups is 2. The molecule has 0 bridgehead atoms. The molecule has 0 aliphatic heterocycles. The fourth-order valence-electron chi connectivity index (χ4n) is 2.96. The quantitative estimate of drug-likeness (QED) is 0.583. The molecule has 0 aliphatic carbocycles. The number of hydrogen-bond donors (Lipinski definition) is 1. The van der Waals surface area contributed by atoms with E-state index in [1.165, 1.54) is 6.92 Å². The van der Waals surface area contributed by atoms with Crippen molar-refractivity contribution in [2.75, 3.05) is 14.2 Å². The van der Waals surface area contributed by atoms with Crippen molar-refractivity contribution in [2.45, 2.75) is 33.4 Å². The molecule has 0 aliphatic rings. The van der Waals surface area contributed by atoms with Crippen LogP contribution in [0.25, 0.3) is 11.0 Å². The smallest absolute Gasteiger partial charge is 0.338 e. The summed E-state index contributed by atoms with van der Waals surface area (Å²) in [4.78, 5) is 33.8. The summed E-state index contributed by atoms with van der Waals surface area (Å²) >= 11 is 0. The van der Waals surface area contributed by atoms with Crippen molar-refractivity contribution in [3.05, 3.63) is 58.9 Å². The zero-order valence-corrected chi connectivity index (χ0v) is 18.2. The van der Waals surface area contributed by atoms with Crippen LogP contribution in [0.5, 0.6) is 11.5 Å². The second-order valence-electron chi connectivity index (χ2n) is 7.05. The van der Waals surface area contributed by atoms with Gasteiger partial charge in [0.05, 0.1) is 42.2 Å². The van der Waals surface area contributed by atoms with Crippen LogP contribution in [0.1, 0.15) is 34.2 Å². The summed E-state index contributed by atoms with van der Waals surface area (Å²) in [5, 5.41) is 2.75. The van der Waals surface area contributed by atoms with Gasteiger partial charge < -0.3 is 19.5 Å². The summed E-state index contributed by atoms with van der Waals surface area (Å²) in [7, 11) is 3.10. The lowest BCUT2D eigenvalue weighted by Crippen LogP contribution is -2.35. The monoisotopic (exact) mass is 423 g/mol. The lowest BCUT2D eigenvalue weighted by atomic mass is 10.2. The zero-order chi connectivity index (χ0) is 22.5. The maximum absolute atomic E-state index is 12.5. The number of ether oxygens (including phenoxy) is 3. The molecule has 3 rings (SSSR count). The molecule has 31 heavy (non-hydrogen) atoms. The molecule has 0 saturated heterocycles. The molecule has 1 amide bonds. The number of amides is 1. The molecule has 0 unspecified atom stereocenters. The van der Waals surface area contributed by atoms with Crippen LogP contribution in [0, 0.1) is 13.8 Å². The first kappa shape index (κ1) is 22.0. The molecule has 162 valence electrons. The number of rotatable bonds is 7. The molecule has 1 heterocycles. The molecule has 2 aromatic carbocycles. The molecule has 8 heteroatoms. The number of fused-ring (bicyclic) bond motifs is 1. The number of methoxy groups -OCH3 is 2. The Morgan fingerprint density at radius 1 is 0.935 bits per heavy atom. The highest BCUT2D eigenvalue weighted by atomic mass is 16.5. The first-order chi connectivity index (χ1) is 14.8. The van der Waals surface area contributed by atoms with Crippen LogP contribution in [0.3, 0.4) is 0 Å². The Bertz CT molecular complexity index is 1130. The van der Waals surface area contributed by atoms with Crippen LogP contribution in [-0.2, 0) is 16.1 Å². The number of carbonyl (C=O) groups excluding carboxylic acids is 2. The third-order valence-electron chi connectivity index (χ3n) is 4.88. The van der Waals surface area contributed by atoms with Gasteiger partial charge >= 0.3 is 5.97 Å². The summed E-state index contributed by atoms with van der Waals surface area (Å²) in [5.74, 6) is 0.162. The SMILES string of the molecule is COc1ccc(CNC(=O)[C@H](C)OC(=O)c2ccc3nc(C)c(C)nc3c2)cc1OC. The van der Waals surface area contributed by atoms with E-state index in [1.54, 1.807) is 44.6 Å². The molecule has 3 aromatic rings. The van der Waals surface area contributed by atoms with Crippen LogP contribution in [0.15, 0.2) is 36.4 Å². The van der Waals surface area contributed by atoms with Crippen LogP contribution in [0.4, 0.5) is 0 Å². The van der Waals surface area contributed by atoms with Gasteiger partial charge in [-0.05, 0) is 56.7 Å². The fourth-order valence-corrected chi connectivity index (χ4v) is 2.96. The molecule has 0 saturated carbocycles. The highest BCUT2D eigenvalue weighted by molar-refractivity contribution is 5.95. The normalized spacial score (nSPS) is 11.6. The van der Waals surface area contributed by atoms with Gasteiger partial charge in [0, 0.05) is 6.54 Å². The average Bonchev–Trinajstić information content (AvgIpc) is 2.77. The topological polar surface area (TPSA) is 99.6 Å². The Labute approximate surface area is 180 Å². The van der Waals surface area contributed by atoms with Crippen molar-refractivity contribution in [1.29, 1.82) is 0 Å². The molecule has 0 fully saturated rings. The van der Waals surface area contributed by atoms with Crippen molar-refractivity contribution in [3.63, 3.8) is 0 Å². The van der Waals surface area contributed by atoms with Gasteiger partial charge in [-0.3, -0.25) is 4.79 Å². The largest absolute Gasteiger partial charge is 0.493 e. The number of benzene rings is 2. The van der Waals surface area contributed by atoms with Gasteiger partial charge in [-0.25, -0.2) is 14.8 Å². The van der Waals surface area contributed by atoms with Crippen LogP contribution in [-0.4, -0.2) is 42.2 Å². The second kappa shape index (κ2) is 9.42. The van der Waals surface area contributed by atoms with Crippen molar-refractivity contribution in [2.24, 2.45) is 0 Å². The summed E-state index contributed by atoms with van der Waals surface area (Å²) < 4.78 is 15.8. The maximum Gasteiger partial charge on any atom is 0.338 e. The Balaban J connectivity index is 1.62. The van der Waals surface area contributed by atoms with Gasteiger partial charge in [-0.2, -0.15) is 0 Å². The molecule has 8 nitrogen and oxygen atoms in total. The fraction of sp³-hybridized carbons (Fsp3) is 0.304. The van der Waals surface area contributed by atoms with Crippen molar-refractivity contribution < 1.29 is 23.8 Å². The number of aryl methyl sites for hydroxylation is 2. The standard InChI is InChI=1S/C23H25N3O5/c1-13-14(2)26-19-11-17(7-8-18(19)25-13)23(28)31-15(3)22(27)24-12-16-6-9-20(29-4)21(10-16)30-5/h6-11,15H,12H2,1-5H3,(H,24,27)/t15-/m0/s1.